The first-order valence-corrected chi connectivity index (χ1v) is 6.42. The molecule has 1 aromatic carbocycles. The van der Waals surface area contributed by atoms with E-state index in [9.17, 15) is 4.39 Å². The summed E-state index contributed by atoms with van der Waals surface area (Å²) in [6.45, 7) is 5.61. The van der Waals surface area contributed by atoms with E-state index in [1.54, 1.807) is 6.07 Å². The molecule has 5 nitrogen and oxygen atoms in total. The van der Waals surface area contributed by atoms with E-state index < -0.39 is 0 Å². The Morgan fingerprint density at radius 2 is 1.90 bits per heavy atom. The van der Waals surface area contributed by atoms with Crippen molar-refractivity contribution in [2.45, 2.75) is 27.2 Å². The highest BCUT2D eigenvalue weighted by molar-refractivity contribution is 5.65. The summed E-state index contributed by atoms with van der Waals surface area (Å²) < 4.78 is 13.9. The SMILES string of the molecule is CCc1nc(NN)c(C)c(Nc2ccc(C)cc2F)n1. The molecule has 0 amide bonds. The summed E-state index contributed by atoms with van der Waals surface area (Å²) in [5, 5.41) is 3.00. The van der Waals surface area contributed by atoms with E-state index >= 15 is 0 Å². The summed E-state index contributed by atoms with van der Waals surface area (Å²) in [5.74, 6) is 6.85. The number of anilines is 3. The van der Waals surface area contributed by atoms with Crippen molar-refractivity contribution in [2.75, 3.05) is 10.7 Å². The van der Waals surface area contributed by atoms with E-state index in [4.69, 9.17) is 5.84 Å². The molecule has 0 fully saturated rings. The predicted octanol–water partition coefficient (Wildman–Crippen LogP) is 2.82. The van der Waals surface area contributed by atoms with Crippen molar-refractivity contribution < 1.29 is 4.39 Å². The fourth-order valence-corrected chi connectivity index (χ4v) is 1.83. The molecule has 0 aliphatic heterocycles. The van der Waals surface area contributed by atoms with Crippen LogP contribution >= 0.6 is 0 Å². The maximum atomic E-state index is 13.9. The van der Waals surface area contributed by atoms with E-state index in [0.29, 0.717) is 29.6 Å². The molecule has 0 unspecified atom stereocenters. The van der Waals surface area contributed by atoms with Gasteiger partial charge < -0.3 is 10.7 Å². The molecule has 0 spiro atoms. The maximum Gasteiger partial charge on any atom is 0.148 e. The average molecular weight is 275 g/mol. The number of hydrazine groups is 1. The highest BCUT2D eigenvalue weighted by Crippen LogP contribution is 2.25. The van der Waals surface area contributed by atoms with E-state index in [-0.39, 0.29) is 5.82 Å². The fraction of sp³-hybridized carbons (Fsp3) is 0.286. The highest BCUT2D eigenvalue weighted by atomic mass is 19.1. The van der Waals surface area contributed by atoms with Gasteiger partial charge in [-0.05, 0) is 31.5 Å². The number of nitrogens with one attached hydrogen (secondary N) is 2. The van der Waals surface area contributed by atoms with Crippen LogP contribution in [0.5, 0.6) is 0 Å². The lowest BCUT2D eigenvalue weighted by Gasteiger charge is -2.13. The van der Waals surface area contributed by atoms with E-state index in [1.165, 1.54) is 6.07 Å². The number of nitrogens with zero attached hydrogens (tertiary/aromatic N) is 2. The van der Waals surface area contributed by atoms with Gasteiger partial charge in [-0.2, -0.15) is 0 Å². The van der Waals surface area contributed by atoms with Gasteiger partial charge in [0.25, 0.3) is 0 Å². The molecule has 20 heavy (non-hydrogen) atoms. The zero-order valence-corrected chi connectivity index (χ0v) is 11.8. The summed E-state index contributed by atoms with van der Waals surface area (Å²) in [4.78, 5) is 8.64. The second kappa shape index (κ2) is 5.83. The first-order valence-electron chi connectivity index (χ1n) is 6.42. The van der Waals surface area contributed by atoms with Crippen molar-refractivity contribution in [3.63, 3.8) is 0 Å². The van der Waals surface area contributed by atoms with Crippen molar-refractivity contribution in [2.24, 2.45) is 5.84 Å². The van der Waals surface area contributed by atoms with Crippen molar-refractivity contribution in [3.05, 3.63) is 41.0 Å². The topological polar surface area (TPSA) is 75.9 Å². The minimum atomic E-state index is -0.316. The number of hydrogen-bond acceptors (Lipinski definition) is 5. The molecule has 2 rings (SSSR count). The van der Waals surface area contributed by atoms with Crippen LogP contribution in [-0.2, 0) is 6.42 Å². The number of halogens is 1. The van der Waals surface area contributed by atoms with Crippen molar-refractivity contribution in [3.8, 4) is 0 Å². The maximum absolute atomic E-state index is 13.9. The molecule has 1 aromatic heterocycles. The lowest BCUT2D eigenvalue weighted by atomic mass is 10.2. The summed E-state index contributed by atoms with van der Waals surface area (Å²) in [6.07, 6.45) is 0.667. The normalized spacial score (nSPS) is 10.4. The minimum Gasteiger partial charge on any atom is -0.337 e. The molecule has 2 aromatic rings. The lowest BCUT2D eigenvalue weighted by molar-refractivity contribution is 0.630. The highest BCUT2D eigenvalue weighted by Gasteiger charge is 2.11. The Kier molecular flexibility index (Phi) is 4.14. The fourth-order valence-electron chi connectivity index (χ4n) is 1.83. The van der Waals surface area contributed by atoms with Crippen molar-refractivity contribution in [1.29, 1.82) is 0 Å². The van der Waals surface area contributed by atoms with Crippen LogP contribution in [0.1, 0.15) is 23.9 Å². The zero-order chi connectivity index (χ0) is 14.7. The molecule has 0 aliphatic rings. The Balaban J connectivity index is 2.42. The van der Waals surface area contributed by atoms with Crippen molar-refractivity contribution >= 4 is 17.3 Å². The van der Waals surface area contributed by atoms with Gasteiger partial charge in [-0.1, -0.05) is 13.0 Å². The van der Waals surface area contributed by atoms with E-state index in [2.05, 4.69) is 20.7 Å². The Hall–Kier alpha value is -2.21. The van der Waals surface area contributed by atoms with Crippen LogP contribution in [0, 0.1) is 19.7 Å². The van der Waals surface area contributed by atoms with Gasteiger partial charge in [0.05, 0.1) is 5.69 Å². The Labute approximate surface area is 117 Å². The third-order valence-electron chi connectivity index (χ3n) is 3.02. The van der Waals surface area contributed by atoms with Gasteiger partial charge in [-0.25, -0.2) is 20.2 Å². The predicted molar refractivity (Wildman–Crippen MR) is 78.4 cm³/mol. The molecule has 4 N–H and O–H groups in total. The third kappa shape index (κ3) is 2.85. The Morgan fingerprint density at radius 1 is 1.20 bits per heavy atom. The number of benzene rings is 1. The largest absolute Gasteiger partial charge is 0.337 e. The lowest BCUT2D eigenvalue weighted by Crippen LogP contribution is -2.14. The van der Waals surface area contributed by atoms with Crippen LogP contribution in [0.4, 0.5) is 21.7 Å². The molecular formula is C14H18FN5. The second-order valence-corrected chi connectivity index (χ2v) is 4.57. The van der Waals surface area contributed by atoms with Gasteiger partial charge in [0.15, 0.2) is 0 Å². The van der Waals surface area contributed by atoms with E-state index in [1.807, 2.05) is 26.8 Å². The molecule has 0 saturated carbocycles. The molecule has 6 heteroatoms. The monoisotopic (exact) mass is 275 g/mol. The standard InChI is InChI=1S/C14H18FN5/c1-4-12-18-13(9(3)14(19-12)20-16)17-11-6-5-8(2)7-10(11)15/h5-7H,4,16H2,1-3H3,(H2,17,18,19,20). The zero-order valence-electron chi connectivity index (χ0n) is 11.8. The van der Waals surface area contributed by atoms with Crippen LogP contribution in [0.2, 0.25) is 0 Å². The number of hydrogen-bond donors (Lipinski definition) is 3. The summed E-state index contributed by atoms with van der Waals surface area (Å²) in [7, 11) is 0. The van der Waals surface area contributed by atoms with E-state index in [0.717, 1.165) is 11.1 Å². The summed E-state index contributed by atoms with van der Waals surface area (Å²) in [5.41, 5.74) is 4.52. The smallest absolute Gasteiger partial charge is 0.148 e. The van der Waals surface area contributed by atoms with Crippen LogP contribution in [-0.4, -0.2) is 9.97 Å². The number of rotatable bonds is 4. The van der Waals surface area contributed by atoms with Crippen LogP contribution in [0.15, 0.2) is 18.2 Å². The second-order valence-electron chi connectivity index (χ2n) is 4.57. The number of nitrogen functional groups attached to an aromatic ring is 1. The average Bonchev–Trinajstić information content (AvgIpc) is 2.43. The minimum absolute atomic E-state index is 0.316. The Morgan fingerprint density at radius 3 is 2.50 bits per heavy atom. The van der Waals surface area contributed by atoms with Crippen LogP contribution in [0.25, 0.3) is 0 Å². The summed E-state index contributed by atoms with van der Waals surface area (Å²) >= 11 is 0. The van der Waals surface area contributed by atoms with Gasteiger partial charge in [0, 0.05) is 12.0 Å². The Bertz CT molecular complexity index is 627. The number of aryl methyl sites for hydroxylation is 2. The van der Waals surface area contributed by atoms with Gasteiger partial charge in [0.2, 0.25) is 0 Å². The third-order valence-corrected chi connectivity index (χ3v) is 3.02. The number of nitrogens with two attached hydrogens (primary N) is 1. The van der Waals surface area contributed by atoms with Gasteiger partial charge in [0.1, 0.15) is 23.3 Å². The van der Waals surface area contributed by atoms with Crippen LogP contribution < -0.4 is 16.6 Å². The molecule has 0 radical (unpaired) electrons. The van der Waals surface area contributed by atoms with Gasteiger partial charge in [-0.3, -0.25) is 0 Å². The number of aromatic nitrogens is 2. The molecule has 0 aliphatic carbocycles. The quantitative estimate of drug-likeness (QED) is 0.591. The molecule has 0 atom stereocenters. The van der Waals surface area contributed by atoms with Gasteiger partial charge >= 0.3 is 0 Å². The molecule has 0 saturated heterocycles. The molecule has 0 bridgehead atoms. The summed E-state index contributed by atoms with van der Waals surface area (Å²) in [6, 6.07) is 5.00. The van der Waals surface area contributed by atoms with Gasteiger partial charge in [-0.15, -0.1) is 0 Å². The molecule has 1 heterocycles. The van der Waals surface area contributed by atoms with Crippen molar-refractivity contribution in [1.82, 2.24) is 9.97 Å². The first-order chi connectivity index (χ1) is 9.55. The molecule has 106 valence electrons. The first kappa shape index (κ1) is 14.2. The van der Waals surface area contributed by atoms with Crippen LogP contribution in [0.3, 0.4) is 0 Å². The molecular weight excluding hydrogens is 257 g/mol.